The van der Waals surface area contributed by atoms with Gasteiger partial charge in [-0.1, -0.05) is 6.08 Å². The second-order valence-corrected chi connectivity index (χ2v) is 3.78. The first-order chi connectivity index (χ1) is 8.65. The Bertz CT molecular complexity index is 504. The van der Waals surface area contributed by atoms with Gasteiger partial charge in [-0.2, -0.15) is 0 Å². The van der Waals surface area contributed by atoms with Crippen molar-refractivity contribution in [3.8, 4) is 11.5 Å². The topological polar surface area (TPSA) is 72.8 Å². The van der Waals surface area contributed by atoms with Crippen LogP contribution in [0, 0.1) is 0 Å². The SMILES string of the molecule is O=C(O)CCC(=O)Oc1ccc2c(c1)C=CCO2. The molecule has 0 aromatic heterocycles. The van der Waals surface area contributed by atoms with Crippen molar-refractivity contribution in [3.63, 3.8) is 0 Å². The van der Waals surface area contributed by atoms with E-state index in [0.29, 0.717) is 12.4 Å². The number of benzene rings is 1. The molecule has 0 fully saturated rings. The number of ether oxygens (including phenoxy) is 2. The molecule has 1 heterocycles. The summed E-state index contributed by atoms with van der Waals surface area (Å²) < 4.78 is 10.4. The van der Waals surface area contributed by atoms with E-state index in [1.807, 2.05) is 12.2 Å². The van der Waals surface area contributed by atoms with Gasteiger partial charge in [0, 0.05) is 5.56 Å². The van der Waals surface area contributed by atoms with Crippen molar-refractivity contribution in [2.45, 2.75) is 12.8 Å². The van der Waals surface area contributed by atoms with Crippen molar-refractivity contribution in [2.75, 3.05) is 6.61 Å². The van der Waals surface area contributed by atoms with Crippen LogP contribution in [0.3, 0.4) is 0 Å². The lowest BCUT2D eigenvalue weighted by Crippen LogP contribution is -2.10. The molecule has 1 aliphatic heterocycles. The second-order valence-electron chi connectivity index (χ2n) is 3.78. The van der Waals surface area contributed by atoms with E-state index in [2.05, 4.69) is 0 Å². The van der Waals surface area contributed by atoms with Crippen LogP contribution in [-0.4, -0.2) is 23.7 Å². The fraction of sp³-hybridized carbons (Fsp3) is 0.231. The summed E-state index contributed by atoms with van der Waals surface area (Å²) in [6.07, 6.45) is 3.37. The fourth-order valence-corrected chi connectivity index (χ4v) is 1.56. The number of esters is 1. The highest BCUT2D eigenvalue weighted by atomic mass is 16.5. The predicted molar refractivity (Wildman–Crippen MR) is 63.5 cm³/mol. The summed E-state index contributed by atoms with van der Waals surface area (Å²) in [5, 5.41) is 8.45. The highest BCUT2D eigenvalue weighted by molar-refractivity contribution is 5.78. The number of hydrogen-bond acceptors (Lipinski definition) is 4. The van der Waals surface area contributed by atoms with E-state index in [4.69, 9.17) is 14.6 Å². The first-order valence-electron chi connectivity index (χ1n) is 5.51. The zero-order valence-electron chi connectivity index (χ0n) is 9.59. The molecule has 2 rings (SSSR count). The normalized spacial score (nSPS) is 12.4. The van der Waals surface area contributed by atoms with Gasteiger partial charge in [0.2, 0.25) is 0 Å². The van der Waals surface area contributed by atoms with Crippen LogP contribution in [0.4, 0.5) is 0 Å². The minimum Gasteiger partial charge on any atom is -0.489 e. The van der Waals surface area contributed by atoms with Gasteiger partial charge in [0.1, 0.15) is 18.1 Å². The summed E-state index contributed by atoms with van der Waals surface area (Å²) in [6, 6.07) is 5.03. The zero-order chi connectivity index (χ0) is 13.0. The molecule has 5 nitrogen and oxygen atoms in total. The maximum Gasteiger partial charge on any atom is 0.311 e. The van der Waals surface area contributed by atoms with Crippen molar-refractivity contribution in [1.29, 1.82) is 0 Å². The third kappa shape index (κ3) is 3.10. The number of carbonyl (C=O) groups is 2. The van der Waals surface area contributed by atoms with Crippen molar-refractivity contribution >= 4 is 18.0 Å². The summed E-state index contributed by atoms with van der Waals surface area (Å²) in [5.41, 5.74) is 0.838. The fourth-order valence-electron chi connectivity index (χ4n) is 1.56. The van der Waals surface area contributed by atoms with Crippen LogP contribution in [0.5, 0.6) is 11.5 Å². The van der Waals surface area contributed by atoms with Crippen molar-refractivity contribution in [1.82, 2.24) is 0 Å². The van der Waals surface area contributed by atoms with Gasteiger partial charge in [0.25, 0.3) is 0 Å². The molecule has 0 unspecified atom stereocenters. The van der Waals surface area contributed by atoms with E-state index in [9.17, 15) is 9.59 Å². The first kappa shape index (κ1) is 12.2. The number of carboxylic acid groups (broad SMARTS) is 1. The predicted octanol–water partition coefficient (Wildman–Crippen LogP) is 1.86. The Kier molecular flexibility index (Phi) is 3.62. The number of hydrogen-bond donors (Lipinski definition) is 1. The third-order valence-electron chi connectivity index (χ3n) is 2.39. The molecule has 0 amide bonds. The number of fused-ring (bicyclic) bond motifs is 1. The molecule has 1 aliphatic rings. The average Bonchev–Trinajstić information content (AvgIpc) is 2.36. The molecule has 0 atom stereocenters. The number of carboxylic acids is 1. The van der Waals surface area contributed by atoms with Gasteiger partial charge in [-0.05, 0) is 24.3 Å². The Morgan fingerprint density at radius 2 is 2.17 bits per heavy atom. The summed E-state index contributed by atoms with van der Waals surface area (Å²) >= 11 is 0. The zero-order valence-corrected chi connectivity index (χ0v) is 9.59. The molecule has 5 heteroatoms. The molecule has 0 bridgehead atoms. The van der Waals surface area contributed by atoms with Gasteiger partial charge >= 0.3 is 11.9 Å². The van der Waals surface area contributed by atoms with Crippen molar-refractivity contribution in [2.24, 2.45) is 0 Å². The standard InChI is InChI=1S/C13H12O5/c14-12(15)5-6-13(16)18-10-3-4-11-9(8-10)2-1-7-17-11/h1-4,8H,5-7H2,(H,14,15). The largest absolute Gasteiger partial charge is 0.489 e. The van der Waals surface area contributed by atoms with Crippen LogP contribution >= 0.6 is 0 Å². The number of aliphatic carboxylic acids is 1. The van der Waals surface area contributed by atoms with E-state index in [0.717, 1.165) is 11.3 Å². The summed E-state index contributed by atoms with van der Waals surface area (Å²) in [5.74, 6) is -0.450. The molecule has 0 saturated heterocycles. The third-order valence-corrected chi connectivity index (χ3v) is 2.39. The Morgan fingerprint density at radius 3 is 2.94 bits per heavy atom. The highest BCUT2D eigenvalue weighted by Crippen LogP contribution is 2.27. The second kappa shape index (κ2) is 5.35. The summed E-state index contributed by atoms with van der Waals surface area (Å²) in [7, 11) is 0. The smallest absolute Gasteiger partial charge is 0.311 e. The lowest BCUT2D eigenvalue weighted by atomic mass is 10.1. The monoisotopic (exact) mass is 248 g/mol. The van der Waals surface area contributed by atoms with E-state index in [1.165, 1.54) is 0 Å². The van der Waals surface area contributed by atoms with Gasteiger partial charge in [-0.25, -0.2) is 0 Å². The Morgan fingerprint density at radius 1 is 1.33 bits per heavy atom. The first-order valence-corrected chi connectivity index (χ1v) is 5.51. The maximum atomic E-state index is 11.4. The molecular formula is C13H12O5. The molecule has 94 valence electrons. The van der Waals surface area contributed by atoms with Gasteiger partial charge < -0.3 is 14.6 Å². The van der Waals surface area contributed by atoms with Crippen LogP contribution in [0.1, 0.15) is 18.4 Å². The van der Waals surface area contributed by atoms with E-state index in [-0.39, 0.29) is 12.8 Å². The lowest BCUT2D eigenvalue weighted by Gasteiger charge is -2.13. The van der Waals surface area contributed by atoms with E-state index < -0.39 is 11.9 Å². The van der Waals surface area contributed by atoms with Crippen LogP contribution in [0.2, 0.25) is 0 Å². The Hall–Kier alpha value is -2.30. The Balaban J connectivity index is 2.00. The number of carbonyl (C=O) groups excluding carboxylic acids is 1. The van der Waals surface area contributed by atoms with Crippen molar-refractivity contribution < 1.29 is 24.2 Å². The highest BCUT2D eigenvalue weighted by Gasteiger charge is 2.11. The maximum absolute atomic E-state index is 11.4. The molecule has 1 aromatic carbocycles. The minimum absolute atomic E-state index is 0.140. The minimum atomic E-state index is -1.02. The molecule has 0 spiro atoms. The molecule has 0 saturated carbocycles. The molecule has 18 heavy (non-hydrogen) atoms. The van der Waals surface area contributed by atoms with Gasteiger partial charge in [-0.15, -0.1) is 0 Å². The van der Waals surface area contributed by atoms with Crippen LogP contribution in [0.25, 0.3) is 6.08 Å². The summed E-state index contributed by atoms with van der Waals surface area (Å²) in [4.78, 5) is 21.7. The molecular weight excluding hydrogens is 236 g/mol. The van der Waals surface area contributed by atoms with Crippen molar-refractivity contribution in [3.05, 3.63) is 29.8 Å². The van der Waals surface area contributed by atoms with Gasteiger partial charge in [0.05, 0.1) is 12.8 Å². The molecule has 1 aromatic rings. The molecule has 0 aliphatic carbocycles. The van der Waals surface area contributed by atoms with Crippen LogP contribution < -0.4 is 9.47 Å². The molecule has 1 N–H and O–H groups in total. The van der Waals surface area contributed by atoms with E-state index in [1.54, 1.807) is 18.2 Å². The number of rotatable bonds is 4. The van der Waals surface area contributed by atoms with Gasteiger partial charge in [0.15, 0.2) is 0 Å². The lowest BCUT2D eigenvalue weighted by molar-refractivity contribution is -0.142. The van der Waals surface area contributed by atoms with Crippen LogP contribution in [-0.2, 0) is 9.59 Å². The van der Waals surface area contributed by atoms with E-state index >= 15 is 0 Å². The molecule has 0 radical (unpaired) electrons. The van der Waals surface area contributed by atoms with Crippen LogP contribution in [0.15, 0.2) is 24.3 Å². The summed E-state index contributed by atoms with van der Waals surface area (Å²) in [6.45, 7) is 0.532. The Labute approximate surface area is 104 Å². The average molecular weight is 248 g/mol. The van der Waals surface area contributed by atoms with Gasteiger partial charge in [-0.3, -0.25) is 9.59 Å². The quantitative estimate of drug-likeness (QED) is 0.650.